The number of nitrogens with two attached hydrogens (primary N) is 1. The predicted octanol–water partition coefficient (Wildman–Crippen LogP) is 3.67. The molecule has 0 bridgehead atoms. The van der Waals surface area contributed by atoms with Crippen molar-refractivity contribution in [3.05, 3.63) is 42.5 Å². The van der Waals surface area contributed by atoms with Crippen LogP contribution in [0.15, 0.2) is 47.4 Å². The Morgan fingerprint density at radius 1 is 1.06 bits per heavy atom. The standard InChI is InChI=1S/C14H15NOS/c1-16-14-8-5-11(15)9-13(14)10-3-6-12(17-2)7-4-10/h3-9H,15H2,1-2H3. The smallest absolute Gasteiger partial charge is 0.126 e. The van der Waals surface area contributed by atoms with Crippen LogP contribution in [0, 0.1) is 0 Å². The third kappa shape index (κ3) is 2.56. The third-order valence-corrected chi connectivity index (χ3v) is 3.37. The van der Waals surface area contributed by atoms with E-state index in [1.807, 2.05) is 18.2 Å². The molecule has 0 aliphatic heterocycles. The highest BCUT2D eigenvalue weighted by atomic mass is 32.2. The number of benzene rings is 2. The lowest BCUT2D eigenvalue weighted by molar-refractivity contribution is 0.416. The van der Waals surface area contributed by atoms with Crippen LogP contribution in [0.3, 0.4) is 0 Å². The minimum Gasteiger partial charge on any atom is -0.496 e. The number of rotatable bonds is 3. The van der Waals surface area contributed by atoms with Crippen LogP contribution in [-0.2, 0) is 0 Å². The minimum absolute atomic E-state index is 0.745. The summed E-state index contributed by atoms with van der Waals surface area (Å²) in [6, 6.07) is 14.1. The van der Waals surface area contributed by atoms with Gasteiger partial charge in [0.25, 0.3) is 0 Å². The molecule has 2 aromatic carbocycles. The van der Waals surface area contributed by atoms with E-state index in [0.29, 0.717) is 0 Å². The molecule has 2 rings (SSSR count). The van der Waals surface area contributed by atoms with Gasteiger partial charge in [-0.15, -0.1) is 11.8 Å². The highest BCUT2D eigenvalue weighted by Crippen LogP contribution is 2.32. The van der Waals surface area contributed by atoms with Crippen molar-refractivity contribution in [1.82, 2.24) is 0 Å². The molecule has 0 unspecified atom stereocenters. The predicted molar refractivity (Wildman–Crippen MR) is 74.6 cm³/mol. The molecule has 17 heavy (non-hydrogen) atoms. The Morgan fingerprint density at radius 2 is 1.76 bits per heavy atom. The topological polar surface area (TPSA) is 35.2 Å². The maximum absolute atomic E-state index is 5.82. The van der Waals surface area contributed by atoms with Gasteiger partial charge in [0.2, 0.25) is 0 Å². The number of thioether (sulfide) groups is 1. The molecular formula is C14H15NOS. The van der Waals surface area contributed by atoms with Crippen molar-refractivity contribution < 1.29 is 4.74 Å². The van der Waals surface area contributed by atoms with Crippen LogP contribution < -0.4 is 10.5 Å². The van der Waals surface area contributed by atoms with Crippen molar-refractivity contribution in [2.24, 2.45) is 0 Å². The zero-order valence-electron chi connectivity index (χ0n) is 9.94. The summed E-state index contributed by atoms with van der Waals surface area (Å²) in [4.78, 5) is 1.25. The Morgan fingerprint density at radius 3 is 2.35 bits per heavy atom. The molecule has 0 heterocycles. The summed E-state index contributed by atoms with van der Waals surface area (Å²) in [5.41, 5.74) is 8.71. The lowest BCUT2D eigenvalue weighted by Crippen LogP contribution is -1.91. The van der Waals surface area contributed by atoms with Crippen molar-refractivity contribution in [3.8, 4) is 16.9 Å². The third-order valence-electron chi connectivity index (χ3n) is 2.62. The lowest BCUT2D eigenvalue weighted by atomic mass is 10.0. The fourth-order valence-electron chi connectivity index (χ4n) is 1.72. The summed E-state index contributed by atoms with van der Waals surface area (Å²) in [6.45, 7) is 0. The van der Waals surface area contributed by atoms with Gasteiger partial charge >= 0.3 is 0 Å². The largest absolute Gasteiger partial charge is 0.496 e. The number of hydrogen-bond acceptors (Lipinski definition) is 3. The Balaban J connectivity index is 2.47. The second-order valence-corrected chi connectivity index (χ2v) is 4.57. The zero-order chi connectivity index (χ0) is 12.3. The fraction of sp³-hybridized carbons (Fsp3) is 0.143. The van der Waals surface area contributed by atoms with Gasteiger partial charge in [-0.1, -0.05) is 12.1 Å². The van der Waals surface area contributed by atoms with E-state index in [1.165, 1.54) is 4.90 Å². The maximum atomic E-state index is 5.82. The Hall–Kier alpha value is -1.61. The molecule has 0 aliphatic rings. The maximum Gasteiger partial charge on any atom is 0.126 e. The molecule has 0 amide bonds. The normalized spacial score (nSPS) is 10.2. The molecule has 0 spiro atoms. The number of anilines is 1. The molecule has 3 heteroatoms. The first-order valence-corrected chi connectivity index (χ1v) is 6.55. The molecule has 0 aromatic heterocycles. The molecule has 0 atom stereocenters. The first kappa shape index (κ1) is 11.9. The second kappa shape index (κ2) is 5.15. The van der Waals surface area contributed by atoms with Crippen LogP contribution in [0.4, 0.5) is 5.69 Å². The fourth-order valence-corrected chi connectivity index (χ4v) is 2.13. The molecule has 88 valence electrons. The van der Waals surface area contributed by atoms with E-state index in [0.717, 1.165) is 22.6 Å². The Bertz CT molecular complexity index is 508. The van der Waals surface area contributed by atoms with E-state index < -0.39 is 0 Å². The molecule has 2 aromatic rings. The van der Waals surface area contributed by atoms with Crippen LogP contribution in [0.25, 0.3) is 11.1 Å². The molecular weight excluding hydrogens is 230 g/mol. The van der Waals surface area contributed by atoms with Gasteiger partial charge in [0.05, 0.1) is 7.11 Å². The van der Waals surface area contributed by atoms with Crippen LogP contribution in [0.1, 0.15) is 0 Å². The zero-order valence-corrected chi connectivity index (χ0v) is 10.8. The molecule has 0 saturated carbocycles. The van der Waals surface area contributed by atoms with Crippen molar-refractivity contribution >= 4 is 17.4 Å². The number of ether oxygens (including phenoxy) is 1. The van der Waals surface area contributed by atoms with Crippen LogP contribution in [0.5, 0.6) is 5.75 Å². The number of hydrogen-bond donors (Lipinski definition) is 1. The minimum atomic E-state index is 0.745. The monoisotopic (exact) mass is 245 g/mol. The highest BCUT2D eigenvalue weighted by Gasteiger charge is 2.06. The summed E-state index contributed by atoms with van der Waals surface area (Å²) in [7, 11) is 1.67. The van der Waals surface area contributed by atoms with Gasteiger partial charge < -0.3 is 10.5 Å². The van der Waals surface area contributed by atoms with E-state index in [2.05, 4.69) is 30.5 Å². The van der Waals surface area contributed by atoms with Gasteiger partial charge in [-0.3, -0.25) is 0 Å². The van der Waals surface area contributed by atoms with Crippen molar-refractivity contribution in [1.29, 1.82) is 0 Å². The lowest BCUT2D eigenvalue weighted by Gasteiger charge is -2.10. The summed E-state index contributed by atoms with van der Waals surface area (Å²) < 4.78 is 5.35. The van der Waals surface area contributed by atoms with Gasteiger partial charge in [0, 0.05) is 16.1 Å². The van der Waals surface area contributed by atoms with E-state index in [-0.39, 0.29) is 0 Å². The molecule has 2 N–H and O–H groups in total. The van der Waals surface area contributed by atoms with Crippen LogP contribution in [-0.4, -0.2) is 13.4 Å². The van der Waals surface area contributed by atoms with E-state index in [4.69, 9.17) is 10.5 Å². The molecule has 0 fully saturated rings. The summed E-state index contributed by atoms with van der Waals surface area (Å²) in [5.74, 6) is 0.844. The van der Waals surface area contributed by atoms with Crippen molar-refractivity contribution in [3.63, 3.8) is 0 Å². The van der Waals surface area contributed by atoms with Gasteiger partial charge in [0.1, 0.15) is 5.75 Å². The first-order chi connectivity index (χ1) is 8.24. The van der Waals surface area contributed by atoms with Gasteiger partial charge in [-0.2, -0.15) is 0 Å². The number of nitrogen functional groups attached to an aromatic ring is 1. The van der Waals surface area contributed by atoms with E-state index in [9.17, 15) is 0 Å². The van der Waals surface area contributed by atoms with Crippen LogP contribution in [0.2, 0.25) is 0 Å². The van der Waals surface area contributed by atoms with Crippen molar-refractivity contribution in [2.75, 3.05) is 19.1 Å². The molecule has 0 radical (unpaired) electrons. The summed E-state index contributed by atoms with van der Waals surface area (Å²) >= 11 is 1.73. The van der Waals surface area contributed by atoms with Crippen molar-refractivity contribution in [2.45, 2.75) is 4.90 Å². The van der Waals surface area contributed by atoms with E-state index in [1.54, 1.807) is 18.9 Å². The first-order valence-electron chi connectivity index (χ1n) is 5.32. The average molecular weight is 245 g/mol. The van der Waals surface area contributed by atoms with Gasteiger partial charge in [-0.05, 0) is 42.2 Å². The summed E-state index contributed by atoms with van der Waals surface area (Å²) in [5, 5.41) is 0. The molecule has 2 nitrogen and oxygen atoms in total. The van der Waals surface area contributed by atoms with Gasteiger partial charge in [0.15, 0.2) is 0 Å². The highest BCUT2D eigenvalue weighted by molar-refractivity contribution is 7.98. The van der Waals surface area contributed by atoms with E-state index >= 15 is 0 Å². The SMILES string of the molecule is COc1ccc(N)cc1-c1ccc(SC)cc1. The second-order valence-electron chi connectivity index (χ2n) is 3.69. The molecule has 0 aliphatic carbocycles. The van der Waals surface area contributed by atoms with Crippen LogP contribution >= 0.6 is 11.8 Å². The summed E-state index contributed by atoms with van der Waals surface area (Å²) in [6.07, 6.45) is 2.07. The Labute approximate surface area is 106 Å². The molecule has 0 saturated heterocycles. The quantitative estimate of drug-likeness (QED) is 0.662. The average Bonchev–Trinajstić information content (AvgIpc) is 2.39. The number of methoxy groups -OCH3 is 1. The Kier molecular flexibility index (Phi) is 3.59. The van der Waals surface area contributed by atoms with Gasteiger partial charge in [-0.25, -0.2) is 0 Å².